The third-order valence-corrected chi connectivity index (χ3v) is 2.58. The van der Waals surface area contributed by atoms with Gasteiger partial charge in [0.2, 0.25) is 0 Å². The first-order valence-corrected chi connectivity index (χ1v) is 5.39. The van der Waals surface area contributed by atoms with Crippen LogP contribution < -0.4 is 0 Å². The molecule has 0 aliphatic heterocycles. The Morgan fingerprint density at radius 1 is 1.50 bits per heavy atom. The highest BCUT2D eigenvalue weighted by molar-refractivity contribution is 5.47. The van der Waals surface area contributed by atoms with Crippen molar-refractivity contribution in [3.8, 4) is 0 Å². The molecule has 2 rings (SSSR count). The van der Waals surface area contributed by atoms with E-state index in [1.807, 2.05) is 0 Å². The first-order valence-electron chi connectivity index (χ1n) is 5.39. The highest BCUT2D eigenvalue weighted by Gasteiger charge is 2.22. The molecule has 94 valence electrons. The normalized spacial score (nSPS) is 14.1. The fraction of sp³-hybridized carbons (Fsp3) is 0.400. The van der Waals surface area contributed by atoms with E-state index >= 15 is 0 Å². The van der Waals surface area contributed by atoms with Gasteiger partial charge in [-0.05, 0) is 18.0 Å². The van der Waals surface area contributed by atoms with E-state index in [1.165, 1.54) is 10.7 Å². The molecule has 0 radical (unpaired) electrons. The molecular weight excluding hydrogens is 236 g/mol. The van der Waals surface area contributed by atoms with Crippen LogP contribution in [0.4, 0.5) is 0 Å². The molecule has 8 nitrogen and oxygen atoms in total. The summed E-state index contributed by atoms with van der Waals surface area (Å²) in [5.74, 6) is 0. The Hall–Kier alpha value is -2.15. The molecule has 0 aromatic carbocycles. The molecule has 18 heavy (non-hydrogen) atoms. The molecule has 0 spiro atoms. The van der Waals surface area contributed by atoms with Crippen molar-refractivity contribution in [1.82, 2.24) is 14.6 Å². The molecule has 0 saturated heterocycles. The summed E-state index contributed by atoms with van der Waals surface area (Å²) in [6.07, 6.45) is 2.79. The molecule has 0 fully saturated rings. The zero-order valence-corrected chi connectivity index (χ0v) is 9.46. The van der Waals surface area contributed by atoms with E-state index < -0.39 is 12.2 Å². The fourth-order valence-electron chi connectivity index (χ4n) is 1.65. The standard InChI is InChI=1S/C10H12N6O2/c11-15-13-4-2-8(17)9(18)7-6-14-16-5-1-3-12-10(7)16/h1,3,5-6,8-9,17-18H,2,4H2. The molecule has 0 bridgehead atoms. The topological polar surface area (TPSA) is 119 Å². The van der Waals surface area contributed by atoms with Crippen molar-refractivity contribution >= 4 is 5.65 Å². The summed E-state index contributed by atoms with van der Waals surface area (Å²) in [6, 6.07) is 1.72. The zero-order valence-electron chi connectivity index (χ0n) is 9.46. The third kappa shape index (κ3) is 2.40. The Kier molecular flexibility index (Phi) is 3.73. The van der Waals surface area contributed by atoms with Crippen LogP contribution in [0.25, 0.3) is 16.1 Å². The van der Waals surface area contributed by atoms with Crippen LogP contribution in [0.5, 0.6) is 0 Å². The summed E-state index contributed by atoms with van der Waals surface area (Å²) in [5.41, 5.74) is 9.08. The molecule has 2 atom stereocenters. The molecule has 8 heteroatoms. The molecule has 0 saturated carbocycles. The number of azide groups is 1. The predicted molar refractivity (Wildman–Crippen MR) is 62.6 cm³/mol. The largest absolute Gasteiger partial charge is 0.390 e. The van der Waals surface area contributed by atoms with Crippen LogP contribution in [0.3, 0.4) is 0 Å². The number of aliphatic hydroxyl groups is 2. The van der Waals surface area contributed by atoms with Crippen LogP contribution in [-0.2, 0) is 0 Å². The van der Waals surface area contributed by atoms with E-state index in [0.717, 1.165) is 0 Å². The fourth-order valence-corrected chi connectivity index (χ4v) is 1.65. The van der Waals surface area contributed by atoms with Gasteiger partial charge >= 0.3 is 0 Å². The number of aromatic nitrogens is 3. The smallest absolute Gasteiger partial charge is 0.160 e. The van der Waals surface area contributed by atoms with Gasteiger partial charge in [-0.1, -0.05) is 5.11 Å². The SMILES string of the molecule is [N-]=[N+]=NCCC(O)C(O)c1cnn2cccnc12. The van der Waals surface area contributed by atoms with Crippen molar-refractivity contribution in [2.75, 3.05) is 6.54 Å². The predicted octanol–water partition coefficient (Wildman–Crippen LogP) is 0.824. The van der Waals surface area contributed by atoms with Gasteiger partial charge in [-0.2, -0.15) is 5.10 Å². The van der Waals surface area contributed by atoms with Gasteiger partial charge in [-0.25, -0.2) is 9.50 Å². The van der Waals surface area contributed by atoms with Crippen LogP contribution in [0.15, 0.2) is 29.8 Å². The number of aliphatic hydroxyl groups excluding tert-OH is 2. The van der Waals surface area contributed by atoms with Gasteiger partial charge in [0.15, 0.2) is 5.65 Å². The Labute approximate surface area is 102 Å². The highest BCUT2D eigenvalue weighted by atomic mass is 16.3. The molecule has 2 aromatic heterocycles. The highest BCUT2D eigenvalue weighted by Crippen LogP contribution is 2.21. The second-order valence-electron chi connectivity index (χ2n) is 3.74. The minimum Gasteiger partial charge on any atom is -0.390 e. The van der Waals surface area contributed by atoms with Gasteiger partial charge in [-0.3, -0.25) is 0 Å². The van der Waals surface area contributed by atoms with Crippen LogP contribution in [0.1, 0.15) is 18.1 Å². The summed E-state index contributed by atoms with van der Waals surface area (Å²) in [7, 11) is 0. The van der Waals surface area contributed by atoms with Crippen LogP contribution >= 0.6 is 0 Å². The average Bonchev–Trinajstić information content (AvgIpc) is 2.82. The molecule has 2 heterocycles. The lowest BCUT2D eigenvalue weighted by molar-refractivity contribution is 0.0157. The molecule has 0 aliphatic carbocycles. The maximum atomic E-state index is 10.00. The van der Waals surface area contributed by atoms with Gasteiger partial charge in [0.1, 0.15) is 6.10 Å². The van der Waals surface area contributed by atoms with Crippen molar-refractivity contribution in [2.24, 2.45) is 5.11 Å². The summed E-state index contributed by atoms with van der Waals surface area (Å²) >= 11 is 0. The minimum absolute atomic E-state index is 0.126. The van der Waals surface area contributed by atoms with Gasteiger partial charge in [0.05, 0.1) is 12.3 Å². The number of nitrogens with zero attached hydrogens (tertiary/aromatic N) is 6. The van der Waals surface area contributed by atoms with Gasteiger partial charge in [-0.15, -0.1) is 0 Å². The Morgan fingerprint density at radius 3 is 3.11 bits per heavy atom. The molecule has 2 N–H and O–H groups in total. The number of hydrogen-bond donors (Lipinski definition) is 2. The van der Waals surface area contributed by atoms with Crippen LogP contribution in [-0.4, -0.2) is 37.5 Å². The first kappa shape index (κ1) is 12.3. The Balaban J connectivity index is 2.17. The van der Waals surface area contributed by atoms with Crippen molar-refractivity contribution in [1.29, 1.82) is 0 Å². The maximum absolute atomic E-state index is 10.00. The molecule has 0 amide bonds. The summed E-state index contributed by atoms with van der Waals surface area (Å²) < 4.78 is 1.51. The van der Waals surface area contributed by atoms with Gasteiger partial charge < -0.3 is 10.2 Å². The second-order valence-corrected chi connectivity index (χ2v) is 3.74. The Morgan fingerprint density at radius 2 is 2.33 bits per heavy atom. The van der Waals surface area contributed by atoms with E-state index in [4.69, 9.17) is 5.53 Å². The van der Waals surface area contributed by atoms with Crippen molar-refractivity contribution in [2.45, 2.75) is 18.6 Å². The summed E-state index contributed by atoms with van der Waals surface area (Å²) in [4.78, 5) is 6.67. The lowest BCUT2D eigenvalue weighted by Crippen LogP contribution is -2.19. The van der Waals surface area contributed by atoms with E-state index in [9.17, 15) is 10.2 Å². The number of fused-ring (bicyclic) bond motifs is 1. The Bertz CT molecular complexity index is 577. The van der Waals surface area contributed by atoms with Crippen LogP contribution in [0.2, 0.25) is 0 Å². The molecular formula is C10H12N6O2. The molecule has 2 unspecified atom stereocenters. The second kappa shape index (κ2) is 5.46. The van der Waals surface area contributed by atoms with Crippen molar-refractivity contribution in [3.05, 3.63) is 40.7 Å². The lowest BCUT2D eigenvalue weighted by Gasteiger charge is -2.15. The minimum atomic E-state index is -1.11. The van der Waals surface area contributed by atoms with Crippen LogP contribution in [0, 0.1) is 0 Å². The lowest BCUT2D eigenvalue weighted by atomic mass is 10.1. The monoisotopic (exact) mass is 248 g/mol. The summed E-state index contributed by atoms with van der Waals surface area (Å²) in [5, 5.41) is 27.1. The van der Waals surface area contributed by atoms with Gasteiger partial charge in [0.25, 0.3) is 0 Å². The summed E-state index contributed by atoms with van der Waals surface area (Å²) in [6.45, 7) is 0.126. The maximum Gasteiger partial charge on any atom is 0.160 e. The average molecular weight is 248 g/mol. The zero-order chi connectivity index (χ0) is 13.0. The number of rotatable bonds is 5. The van der Waals surface area contributed by atoms with Crippen molar-refractivity contribution < 1.29 is 10.2 Å². The number of hydrogen-bond acceptors (Lipinski definition) is 5. The van der Waals surface area contributed by atoms with E-state index in [0.29, 0.717) is 11.2 Å². The van der Waals surface area contributed by atoms with E-state index in [-0.39, 0.29) is 13.0 Å². The molecule has 2 aromatic rings. The van der Waals surface area contributed by atoms with E-state index in [2.05, 4.69) is 20.1 Å². The van der Waals surface area contributed by atoms with E-state index in [1.54, 1.807) is 18.5 Å². The first-order chi connectivity index (χ1) is 8.74. The quantitative estimate of drug-likeness (QED) is 0.462. The van der Waals surface area contributed by atoms with Crippen molar-refractivity contribution in [3.63, 3.8) is 0 Å². The molecule has 0 aliphatic rings. The third-order valence-electron chi connectivity index (χ3n) is 2.58. The van der Waals surface area contributed by atoms with Gasteiger partial charge in [0, 0.05) is 29.4 Å².